The first kappa shape index (κ1) is 14.4. The number of urea groups is 2. The summed E-state index contributed by atoms with van der Waals surface area (Å²) >= 11 is 0. The van der Waals surface area contributed by atoms with Gasteiger partial charge in [-0.15, -0.1) is 0 Å². The number of piperazine rings is 1. The van der Waals surface area contributed by atoms with Crippen molar-refractivity contribution < 1.29 is 19.5 Å². The minimum absolute atomic E-state index is 0.0380. The fourth-order valence-corrected chi connectivity index (χ4v) is 2.50. The minimum atomic E-state index is -0.866. The maximum Gasteiger partial charge on any atom is 0.317 e. The van der Waals surface area contributed by atoms with Crippen LogP contribution in [0.1, 0.15) is 19.8 Å². The maximum atomic E-state index is 12.1. The Kier molecular flexibility index (Phi) is 4.31. The highest BCUT2D eigenvalue weighted by Gasteiger charge is 2.36. The summed E-state index contributed by atoms with van der Waals surface area (Å²) < 4.78 is 0. The van der Waals surface area contributed by atoms with E-state index in [1.807, 2.05) is 0 Å². The van der Waals surface area contributed by atoms with Crippen LogP contribution in [0.25, 0.3) is 0 Å². The van der Waals surface area contributed by atoms with E-state index in [9.17, 15) is 14.4 Å². The minimum Gasteiger partial charge on any atom is -0.481 e. The largest absolute Gasteiger partial charge is 0.481 e. The van der Waals surface area contributed by atoms with Gasteiger partial charge in [-0.2, -0.15) is 0 Å². The van der Waals surface area contributed by atoms with E-state index >= 15 is 0 Å². The number of aliphatic carboxylic acids is 1. The third-order valence-electron chi connectivity index (χ3n) is 3.68. The second kappa shape index (κ2) is 5.98. The van der Waals surface area contributed by atoms with E-state index < -0.39 is 5.97 Å². The average Bonchev–Trinajstić information content (AvgIpc) is 2.77. The molecule has 0 spiro atoms. The molecule has 2 unspecified atom stereocenters. The van der Waals surface area contributed by atoms with Crippen molar-refractivity contribution in [2.75, 3.05) is 26.2 Å². The molecule has 2 aliphatic rings. The number of fused-ring (bicyclic) bond motifs is 1. The number of carbonyl (C=O) groups is 3. The molecule has 2 saturated heterocycles. The van der Waals surface area contributed by atoms with Crippen molar-refractivity contribution in [3.63, 3.8) is 0 Å². The fraction of sp³-hybridized carbons (Fsp3) is 0.750. The Hall–Kier alpha value is -1.99. The number of amides is 4. The van der Waals surface area contributed by atoms with E-state index in [4.69, 9.17) is 5.11 Å². The summed E-state index contributed by atoms with van der Waals surface area (Å²) in [7, 11) is 0. The molecule has 0 aromatic carbocycles. The molecule has 0 saturated carbocycles. The van der Waals surface area contributed by atoms with Gasteiger partial charge in [-0.3, -0.25) is 4.79 Å². The van der Waals surface area contributed by atoms with Crippen molar-refractivity contribution in [3.8, 4) is 0 Å². The molecule has 0 radical (unpaired) electrons. The number of nitrogens with zero attached hydrogens (tertiary/aromatic N) is 2. The number of carbonyl (C=O) groups excluding carboxylic acids is 2. The van der Waals surface area contributed by atoms with Crippen LogP contribution in [0.15, 0.2) is 0 Å². The van der Waals surface area contributed by atoms with E-state index in [0.29, 0.717) is 32.6 Å². The lowest BCUT2D eigenvalue weighted by atomic mass is 10.2. The van der Waals surface area contributed by atoms with Gasteiger partial charge in [-0.05, 0) is 13.3 Å². The van der Waals surface area contributed by atoms with Crippen LogP contribution in [0, 0.1) is 0 Å². The second-order valence-electron chi connectivity index (χ2n) is 5.26. The van der Waals surface area contributed by atoms with E-state index in [2.05, 4.69) is 10.6 Å². The van der Waals surface area contributed by atoms with Gasteiger partial charge in [0.2, 0.25) is 0 Å². The molecular weight excluding hydrogens is 264 g/mol. The van der Waals surface area contributed by atoms with Gasteiger partial charge in [0.1, 0.15) is 0 Å². The molecule has 2 atom stereocenters. The molecule has 2 aliphatic heterocycles. The van der Waals surface area contributed by atoms with E-state index in [-0.39, 0.29) is 30.6 Å². The molecule has 8 nitrogen and oxygen atoms in total. The van der Waals surface area contributed by atoms with Crippen LogP contribution in [0.4, 0.5) is 9.59 Å². The molecule has 2 fully saturated rings. The molecule has 2 rings (SSSR count). The molecule has 0 bridgehead atoms. The molecule has 3 N–H and O–H groups in total. The van der Waals surface area contributed by atoms with Crippen LogP contribution in [0.2, 0.25) is 0 Å². The Bertz CT molecular complexity index is 414. The lowest BCUT2D eigenvalue weighted by Crippen LogP contribution is -2.56. The zero-order valence-electron chi connectivity index (χ0n) is 11.5. The molecule has 4 amide bonds. The number of hydrogen-bond donors (Lipinski definition) is 3. The van der Waals surface area contributed by atoms with Crippen LogP contribution in [0.3, 0.4) is 0 Å². The summed E-state index contributed by atoms with van der Waals surface area (Å²) in [6, 6.07) is -0.400. The monoisotopic (exact) mass is 284 g/mol. The first-order valence-electron chi connectivity index (χ1n) is 6.79. The summed E-state index contributed by atoms with van der Waals surface area (Å²) in [6.45, 7) is 3.90. The molecular formula is C12H20N4O4. The maximum absolute atomic E-state index is 12.1. The SMILES string of the molecule is CC(CCC(=O)O)NC(=O)N1CCN2C(=O)NCC2C1. The van der Waals surface area contributed by atoms with Gasteiger partial charge >= 0.3 is 18.0 Å². The Labute approximate surface area is 117 Å². The highest BCUT2D eigenvalue weighted by atomic mass is 16.4. The van der Waals surface area contributed by atoms with E-state index in [0.717, 1.165) is 0 Å². The first-order valence-corrected chi connectivity index (χ1v) is 6.79. The topological polar surface area (TPSA) is 102 Å². The van der Waals surface area contributed by atoms with Gasteiger partial charge in [0.05, 0.1) is 6.04 Å². The Morgan fingerprint density at radius 3 is 2.95 bits per heavy atom. The number of hydrogen-bond acceptors (Lipinski definition) is 3. The van der Waals surface area contributed by atoms with Crippen LogP contribution < -0.4 is 10.6 Å². The third-order valence-corrected chi connectivity index (χ3v) is 3.68. The standard InChI is InChI=1S/C12H20N4O4/c1-8(2-3-10(17)18)14-12(20)15-4-5-16-9(7-15)6-13-11(16)19/h8-9H,2-7H2,1H3,(H,13,19)(H,14,20)(H,17,18). The van der Waals surface area contributed by atoms with E-state index in [1.54, 1.807) is 16.7 Å². The predicted molar refractivity (Wildman–Crippen MR) is 70.3 cm³/mol. The van der Waals surface area contributed by atoms with Gasteiger partial charge in [-0.1, -0.05) is 0 Å². The Morgan fingerprint density at radius 2 is 2.25 bits per heavy atom. The molecule has 0 aromatic rings. The van der Waals surface area contributed by atoms with Crippen LogP contribution in [0.5, 0.6) is 0 Å². The first-order chi connectivity index (χ1) is 9.47. The summed E-state index contributed by atoms with van der Waals surface area (Å²) in [5.74, 6) is -0.866. The van der Waals surface area contributed by atoms with Gasteiger partial charge < -0.3 is 25.5 Å². The van der Waals surface area contributed by atoms with Crippen molar-refractivity contribution in [2.45, 2.75) is 31.8 Å². The summed E-state index contributed by atoms with van der Waals surface area (Å²) in [5.41, 5.74) is 0. The smallest absolute Gasteiger partial charge is 0.317 e. The number of carboxylic acids is 1. The summed E-state index contributed by atoms with van der Waals surface area (Å²) in [4.78, 5) is 37.4. The summed E-state index contributed by atoms with van der Waals surface area (Å²) in [6.07, 6.45) is 0.445. The van der Waals surface area contributed by atoms with Gasteiger partial charge in [0.15, 0.2) is 0 Å². The van der Waals surface area contributed by atoms with Gasteiger partial charge in [0.25, 0.3) is 0 Å². The molecule has 0 aliphatic carbocycles. The van der Waals surface area contributed by atoms with Crippen molar-refractivity contribution in [3.05, 3.63) is 0 Å². The number of carboxylic acid groups (broad SMARTS) is 1. The summed E-state index contributed by atoms with van der Waals surface area (Å²) in [5, 5.41) is 14.2. The van der Waals surface area contributed by atoms with Gasteiger partial charge in [-0.25, -0.2) is 9.59 Å². The quantitative estimate of drug-likeness (QED) is 0.657. The lowest BCUT2D eigenvalue weighted by Gasteiger charge is -2.36. The molecule has 8 heteroatoms. The highest BCUT2D eigenvalue weighted by molar-refractivity contribution is 5.79. The van der Waals surface area contributed by atoms with Crippen molar-refractivity contribution in [2.24, 2.45) is 0 Å². The molecule has 0 aromatic heterocycles. The molecule has 20 heavy (non-hydrogen) atoms. The Balaban J connectivity index is 1.79. The van der Waals surface area contributed by atoms with E-state index in [1.165, 1.54) is 0 Å². The van der Waals surface area contributed by atoms with Gasteiger partial charge in [0, 0.05) is 38.6 Å². The molecule has 112 valence electrons. The van der Waals surface area contributed by atoms with Crippen LogP contribution >= 0.6 is 0 Å². The number of nitrogens with one attached hydrogen (secondary N) is 2. The predicted octanol–water partition coefficient (Wildman–Crippen LogP) is -0.341. The lowest BCUT2D eigenvalue weighted by molar-refractivity contribution is -0.137. The zero-order chi connectivity index (χ0) is 14.7. The van der Waals surface area contributed by atoms with Crippen LogP contribution in [-0.2, 0) is 4.79 Å². The third kappa shape index (κ3) is 3.31. The Morgan fingerprint density at radius 1 is 1.50 bits per heavy atom. The fourth-order valence-electron chi connectivity index (χ4n) is 2.50. The highest BCUT2D eigenvalue weighted by Crippen LogP contribution is 2.14. The average molecular weight is 284 g/mol. The number of rotatable bonds is 4. The molecule has 2 heterocycles. The zero-order valence-corrected chi connectivity index (χ0v) is 11.5. The van der Waals surface area contributed by atoms with Crippen molar-refractivity contribution in [1.82, 2.24) is 20.4 Å². The van der Waals surface area contributed by atoms with Crippen molar-refractivity contribution >= 4 is 18.0 Å². The van der Waals surface area contributed by atoms with Crippen LogP contribution in [-0.4, -0.2) is 71.2 Å². The second-order valence-corrected chi connectivity index (χ2v) is 5.26. The normalized spacial score (nSPS) is 23.1. The van der Waals surface area contributed by atoms with Crippen molar-refractivity contribution in [1.29, 1.82) is 0 Å².